The van der Waals surface area contributed by atoms with Crippen molar-refractivity contribution in [2.75, 3.05) is 45.9 Å². The largest absolute Gasteiger partial charge is 0.370 e. The summed E-state index contributed by atoms with van der Waals surface area (Å²) in [6, 6.07) is -0.617. The summed E-state index contributed by atoms with van der Waals surface area (Å²) in [7, 11) is 0. The second kappa shape index (κ2) is 10.2. The first-order valence-electron chi connectivity index (χ1n) is 9.21. The molecule has 4 amide bonds. The molecule has 2 aliphatic rings. The summed E-state index contributed by atoms with van der Waals surface area (Å²) in [4.78, 5) is 43.1. The molecular weight excluding hydrogens is 324 g/mol. The van der Waals surface area contributed by atoms with Crippen LogP contribution in [-0.2, 0) is 14.3 Å². The molecular formula is C17H29N4O4+. The average molecular weight is 353 g/mol. The van der Waals surface area contributed by atoms with Gasteiger partial charge in [-0.05, 0) is 6.42 Å². The Labute approximate surface area is 148 Å². The molecule has 2 rings (SSSR count). The maximum Gasteiger partial charge on any atom is 0.330 e. The zero-order valence-electron chi connectivity index (χ0n) is 15.0. The Bertz CT molecular complexity index is 503. The number of unbranched alkanes of at least 4 members (excludes halogenated alkanes) is 3. The molecule has 2 saturated heterocycles. The molecule has 8 heteroatoms. The van der Waals surface area contributed by atoms with E-state index in [-0.39, 0.29) is 0 Å². The van der Waals surface area contributed by atoms with Crippen LogP contribution in [0.1, 0.15) is 32.6 Å². The third kappa shape index (κ3) is 5.89. The number of ether oxygens (including phenoxy) is 1. The first kappa shape index (κ1) is 19.5. The van der Waals surface area contributed by atoms with Gasteiger partial charge in [0.05, 0.1) is 26.3 Å². The van der Waals surface area contributed by atoms with Crippen molar-refractivity contribution in [2.45, 2.75) is 32.6 Å². The molecule has 0 aromatic carbocycles. The number of urea groups is 1. The number of nitrogens with one attached hydrogen (secondary N) is 2. The number of quaternary nitrogens is 1. The molecule has 2 fully saturated rings. The molecule has 0 aliphatic carbocycles. The standard InChI is InChI=1S/C17H28N4O4/c1-2-3-4-5-7-21-16(23)14(15(22)19-17(21)24)13-18-6-8-20-9-11-25-12-10-20/h13-14H,2-12H2,1H3,(H,19,22,24)/p+1/t14-/m0/s1. The van der Waals surface area contributed by atoms with Crippen LogP contribution >= 0.6 is 0 Å². The third-order valence-electron chi connectivity index (χ3n) is 4.57. The van der Waals surface area contributed by atoms with Crippen molar-refractivity contribution in [3.05, 3.63) is 0 Å². The first-order chi connectivity index (χ1) is 12.1. The molecule has 0 radical (unpaired) electrons. The van der Waals surface area contributed by atoms with Crippen LogP contribution in [0.4, 0.5) is 4.79 Å². The summed E-state index contributed by atoms with van der Waals surface area (Å²) >= 11 is 0. The summed E-state index contributed by atoms with van der Waals surface area (Å²) in [5, 5.41) is 2.26. The topological polar surface area (TPSA) is 92.5 Å². The van der Waals surface area contributed by atoms with Crippen LogP contribution < -0.4 is 10.2 Å². The van der Waals surface area contributed by atoms with Gasteiger partial charge in [0.1, 0.15) is 13.1 Å². The van der Waals surface area contributed by atoms with Crippen molar-refractivity contribution < 1.29 is 24.0 Å². The minimum absolute atomic E-state index is 0.347. The van der Waals surface area contributed by atoms with Gasteiger partial charge in [-0.1, -0.05) is 26.2 Å². The lowest BCUT2D eigenvalue weighted by Crippen LogP contribution is -3.14. The molecule has 0 saturated carbocycles. The van der Waals surface area contributed by atoms with Gasteiger partial charge in [0.25, 0.3) is 0 Å². The van der Waals surface area contributed by atoms with E-state index in [1.54, 1.807) is 0 Å². The van der Waals surface area contributed by atoms with Gasteiger partial charge >= 0.3 is 6.03 Å². The molecule has 2 aliphatic heterocycles. The number of imide groups is 2. The highest BCUT2D eigenvalue weighted by atomic mass is 16.5. The van der Waals surface area contributed by atoms with E-state index in [9.17, 15) is 14.4 Å². The van der Waals surface area contributed by atoms with Crippen LogP contribution in [0.2, 0.25) is 0 Å². The Balaban J connectivity index is 1.82. The zero-order chi connectivity index (χ0) is 18.1. The average Bonchev–Trinajstić information content (AvgIpc) is 2.61. The maximum atomic E-state index is 12.4. The molecule has 140 valence electrons. The Morgan fingerprint density at radius 3 is 2.72 bits per heavy atom. The quantitative estimate of drug-likeness (QED) is 0.324. The lowest BCUT2D eigenvalue weighted by Gasteiger charge is -2.28. The molecule has 0 aromatic rings. The van der Waals surface area contributed by atoms with E-state index < -0.39 is 23.8 Å². The van der Waals surface area contributed by atoms with Crippen LogP contribution in [0, 0.1) is 5.92 Å². The Morgan fingerprint density at radius 2 is 2.00 bits per heavy atom. The van der Waals surface area contributed by atoms with Gasteiger partial charge in [0.15, 0.2) is 5.92 Å². The highest BCUT2D eigenvalue weighted by Gasteiger charge is 2.39. The number of rotatable bonds is 9. The maximum absolute atomic E-state index is 12.4. The predicted molar refractivity (Wildman–Crippen MR) is 92.6 cm³/mol. The lowest BCUT2D eigenvalue weighted by molar-refractivity contribution is -0.906. The number of barbiturate groups is 1. The summed E-state index contributed by atoms with van der Waals surface area (Å²) in [5.74, 6) is -2.04. The molecule has 0 unspecified atom stereocenters. The lowest BCUT2D eigenvalue weighted by atomic mass is 10.1. The monoisotopic (exact) mass is 353 g/mol. The Kier molecular flexibility index (Phi) is 8.00. The summed E-state index contributed by atoms with van der Waals surface area (Å²) in [5.41, 5.74) is 0. The van der Waals surface area contributed by atoms with Gasteiger partial charge in [0.2, 0.25) is 11.8 Å². The fourth-order valence-corrected chi connectivity index (χ4v) is 2.98. The fourth-order valence-electron chi connectivity index (χ4n) is 2.98. The Morgan fingerprint density at radius 1 is 1.24 bits per heavy atom. The first-order valence-corrected chi connectivity index (χ1v) is 9.21. The van der Waals surface area contributed by atoms with Crippen molar-refractivity contribution in [1.82, 2.24) is 10.2 Å². The number of hydrogen-bond acceptors (Lipinski definition) is 5. The van der Waals surface area contributed by atoms with Gasteiger partial charge in [-0.15, -0.1) is 0 Å². The fraction of sp³-hybridized carbons (Fsp3) is 0.765. The number of carbonyl (C=O) groups is 3. The molecule has 0 bridgehead atoms. The third-order valence-corrected chi connectivity index (χ3v) is 4.57. The molecule has 8 nitrogen and oxygen atoms in total. The number of nitrogens with zero attached hydrogens (tertiary/aromatic N) is 2. The van der Waals surface area contributed by atoms with Gasteiger partial charge in [-0.2, -0.15) is 0 Å². The van der Waals surface area contributed by atoms with Crippen molar-refractivity contribution in [1.29, 1.82) is 0 Å². The van der Waals surface area contributed by atoms with Gasteiger partial charge in [-0.3, -0.25) is 24.8 Å². The van der Waals surface area contributed by atoms with Crippen LogP contribution in [0.15, 0.2) is 4.99 Å². The van der Waals surface area contributed by atoms with Crippen LogP contribution in [0.5, 0.6) is 0 Å². The molecule has 2 N–H and O–H groups in total. The van der Waals surface area contributed by atoms with E-state index >= 15 is 0 Å². The molecule has 0 spiro atoms. The summed E-state index contributed by atoms with van der Waals surface area (Å²) in [6.07, 6.45) is 5.26. The minimum Gasteiger partial charge on any atom is -0.370 e. The van der Waals surface area contributed by atoms with Crippen molar-refractivity contribution in [2.24, 2.45) is 10.9 Å². The van der Waals surface area contributed by atoms with E-state index in [0.29, 0.717) is 13.1 Å². The number of hydrogen-bond donors (Lipinski definition) is 2. The Hall–Kier alpha value is -1.80. The van der Waals surface area contributed by atoms with Crippen LogP contribution in [0.25, 0.3) is 0 Å². The van der Waals surface area contributed by atoms with Crippen molar-refractivity contribution in [3.63, 3.8) is 0 Å². The van der Waals surface area contributed by atoms with Crippen molar-refractivity contribution >= 4 is 24.1 Å². The number of amides is 4. The predicted octanol–water partition coefficient (Wildman–Crippen LogP) is -0.753. The van der Waals surface area contributed by atoms with E-state index in [0.717, 1.165) is 63.4 Å². The van der Waals surface area contributed by atoms with Crippen molar-refractivity contribution in [3.8, 4) is 0 Å². The van der Waals surface area contributed by atoms with Gasteiger partial charge < -0.3 is 9.64 Å². The van der Waals surface area contributed by atoms with E-state index in [1.807, 2.05) is 0 Å². The van der Waals surface area contributed by atoms with Gasteiger partial charge in [-0.25, -0.2) is 4.79 Å². The van der Waals surface area contributed by atoms with Crippen LogP contribution in [0.3, 0.4) is 0 Å². The minimum atomic E-state index is -0.997. The smallest absolute Gasteiger partial charge is 0.330 e. The van der Waals surface area contributed by atoms with E-state index in [1.165, 1.54) is 11.1 Å². The molecule has 1 atom stereocenters. The second-order valence-electron chi connectivity index (χ2n) is 6.49. The van der Waals surface area contributed by atoms with E-state index in [2.05, 4.69) is 17.2 Å². The van der Waals surface area contributed by atoms with Crippen LogP contribution in [-0.4, -0.2) is 74.9 Å². The SMILES string of the molecule is CCCCCCN1C(=O)NC(=O)[C@H](C=NCC[NH+]2CCOCC2)C1=O. The second-order valence-corrected chi connectivity index (χ2v) is 6.49. The summed E-state index contributed by atoms with van der Waals surface area (Å²) in [6.45, 7) is 7.29. The number of carbonyl (C=O) groups excluding carboxylic acids is 3. The number of aliphatic imine (C=N–C) groups is 1. The normalized spacial score (nSPS) is 22.7. The summed E-state index contributed by atoms with van der Waals surface area (Å²) < 4.78 is 5.30. The van der Waals surface area contributed by atoms with E-state index in [4.69, 9.17) is 4.74 Å². The number of morpholine rings is 1. The highest BCUT2D eigenvalue weighted by molar-refractivity contribution is 6.23. The van der Waals surface area contributed by atoms with Gasteiger partial charge in [0, 0.05) is 12.8 Å². The zero-order valence-corrected chi connectivity index (χ0v) is 15.0. The molecule has 2 heterocycles. The molecule has 25 heavy (non-hydrogen) atoms. The molecule has 0 aromatic heterocycles. The highest BCUT2D eigenvalue weighted by Crippen LogP contribution is 2.11.